The second kappa shape index (κ2) is 14.2. The van der Waals surface area contributed by atoms with Gasteiger partial charge in [-0.15, -0.1) is 0 Å². The summed E-state index contributed by atoms with van der Waals surface area (Å²) in [5, 5.41) is 0. The van der Waals surface area contributed by atoms with Crippen LogP contribution in [0.25, 0.3) is 39.4 Å². The summed E-state index contributed by atoms with van der Waals surface area (Å²) in [6.07, 6.45) is 7.75. The van der Waals surface area contributed by atoms with Crippen LogP contribution in [0.15, 0.2) is 131 Å². The van der Waals surface area contributed by atoms with Gasteiger partial charge in [0.2, 0.25) is 11.5 Å². The summed E-state index contributed by atoms with van der Waals surface area (Å²) < 4.78 is 79.9. The van der Waals surface area contributed by atoms with Gasteiger partial charge in [0.1, 0.15) is 5.75 Å². The molecule has 0 bridgehead atoms. The van der Waals surface area contributed by atoms with E-state index in [1.165, 1.54) is 0 Å². The summed E-state index contributed by atoms with van der Waals surface area (Å²) in [7, 11) is -8.48. The molecule has 0 spiro atoms. The maximum absolute atomic E-state index is 11.7. The number of nitrogens with zero attached hydrogens (tertiary/aromatic N) is 2. The lowest BCUT2D eigenvalue weighted by molar-refractivity contribution is -0.673. The standard InChI is InChI=1S/C37H34N2O8S2/c1-2-27(24-37-39(21-23-49(43,44)45)33-26-31(17-19-35(33)47-37)29-13-7-4-8-14-29)10-9-15-36-38(20-22-48(40,41)42)32-25-30(16-18-34(32)46-36)28-11-5-3-6-12-28/h3-19,24-26H,2,20-23H2,1H3,(H-,40,41,42,43,44,45)/p+1. The van der Waals surface area contributed by atoms with Crippen LogP contribution in [0, 0.1) is 0 Å². The Morgan fingerprint density at radius 1 is 0.796 bits per heavy atom. The molecule has 49 heavy (non-hydrogen) atoms. The van der Waals surface area contributed by atoms with Gasteiger partial charge in [0.25, 0.3) is 25.8 Å². The SMILES string of the molecule is CCC(/C=C1\Oc2ccc(-c3ccccc3)cc2N1CCS(=O)(=O)O)=C\C=C\c1oc2ccc(-c3ccccc3)cc2[n+]1CCS(=O)(=O)O. The highest BCUT2D eigenvalue weighted by molar-refractivity contribution is 7.86. The summed E-state index contributed by atoms with van der Waals surface area (Å²) in [6.45, 7) is 1.91. The topological polar surface area (TPSA) is 138 Å². The van der Waals surface area contributed by atoms with Crippen molar-refractivity contribution < 1.29 is 39.7 Å². The van der Waals surface area contributed by atoms with Crippen LogP contribution < -0.4 is 14.2 Å². The molecule has 2 heterocycles. The van der Waals surface area contributed by atoms with E-state index in [9.17, 15) is 25.9 Å². The number of oxazole rings is 1. The molecule has 2 N–H and O–H groups in total. The third kappa shape index (κ3) is 8.35. The van der Waals surface area contributed by atoms with Crippen LogP contribution in [0.5, 0.6) is 5.75 Å². The number of rotatable bonds is 12. The lowest BCUT2D eigenvalue weighted by Gasteiger charge is -2.18. The van der Waals surface area contributed by atoms with Crippen LogP contribution >= 0.6 is 0 Å². The van der Waals surface area contributed by atoms with Crippen LogP contribution in [0.1, 0.15) is 19.2 Å². The average molecular weight is 700 g/mol. The molecule has 4 aromatic carbocycles. The van der Waals surface area contributed by atoms with E-state index in [1.807, 2.05) is 116 Å². The van der Waals surface area contributed by atoms with Crippen molar-refractivity contribution >= 4 is 43.1 Å². The number of aromatic nitrogens is 1. The number of anilines is 1. The molecule has 1 aromatic heterocycles. The van der Waals surface area contributed by atoms with Gasteiger partial charge >= 0.3 is 5.89 Å². The first kappa shape index (κ1) is 33.9. The van der Waals surface area contributed by atoms with Crippen molar-refractivity contribution in [2.75, 3.05) is 23.0 Å². The van der Waals surface area contributed by atoms with E-state index in [-0.39, 0.29) is 13.1 Å². The molecule has 0 saturated heterocycles. The summed E-state index contributed by atoms with van der Waals surface area (Å²) >= 11 is 0. The first-order valence-electron chi connectivity index (χ1n) is 15.6. The van der Waals surface area contributed by atoms with Crippen LogP contribution in [-0.2, 0) is 26.8 Å². The number of benzene rings is 4. The predicted octanol–water partition coefficient (Wildman–Crippen LogP) is 6.92. The zero-order valence-corrected chi connectivity index (χ0v) is 28.3. The van der Waals surface area contributed by atoms with Crippen LogP contribution in [0.3, 0.4) is 0 Å². The third-order valence-corrected chi connectivity index (χ3v) is 9.48. The lowest BCUT2D eigenvalue weighted by Crippen LogP contribution is -2.38. The van der Waals surface area contributed by atoms with Gasteiger partial charge in [0.05, 0.1) is 17.5 Å². The fourth-order valence-electron chi connectivity index (χ4n) is 5.61. The van der Waals surface area contributed by atoms with Crippen molar-refractivity contribution in [1.82, 2.24) is 0 Å². The highest BCUT2D eigenvalue weighted by atomic mass is 32.2. The molecule has 0 fully saturated rings. The molecule has 0 aliphatic carbocycles. The van der Waals surface area contributed by atoms with Crippen LogP contribution in [0.2, 0.25) is 0 Å². The molecule has 252 valence electrons. The van der Waals surface area contributed by atoms with E-state index in [4.69, 9.17) is 9.15 Å². The highest BCUT2D eigenvalue weighted by Crippen LogP contribution is 2.42. The van der Waals surface area contributed by atoms with Gasteiger partial charge in [-0.05, 0) is 52.4 Å². The van der Waals surface area contributed by atoms with Crippen LogP contribution in [-0.4, -0.2) is 44.0 Å². The molecule has 10 nitrogen and oxygen atoms in total. The second-order valence-corrected chi connectivity index (χ2v) is 14.6. The Labute approximate surface area is 285 Å². The maximum atomic E-state index is 11.7. The molecular weight excluding hydrogens is 665 g/mol. The van der Waals surface area contributed by atoms with E-state index in [0.29, 0.717) is 40.7 Å². The molecule has 12 heteroatoms. The predicted molar refractivity (Wildman–Crippen MR) is 190 cm³/mol. The van der Waals surface area contributed by atoms with E-state index in [0.717, 1.165) is 27.8 Å². The van der Waals surface area contributed by atoms with Gasteiger partial charge < -0.3 is 14.1 Å². The van der Waals surface area contributed by atoms with Crippen molar-refractivity contribution in [3.63, 3.8) is 0 Å². The first-order valence-corrected chi connectivity index (χ1v) is 18.9. The third-order valence-electron chi connectivity index (χ3n) is 8.09. The summed E-state index contributed by atoms with van der Waals surface area (Å²) in [6, 6.07) is 30.9. The Balaban J connectivity index is 1.33. The number of aryl methyl sites for hydroxylation is 1. The van der Waals surface area contributed by atoms with Gasteiger partial charge in [0, 0.05) is 18.7 Å². The largest absolute Gasteiger partial charge is 0.439 e. The summed E-state index contributed by atoms with van der Waals surface area (Å²) in [5.41, 5.74) is 6.59. The molecule has 6 rings (SSSR count). The minimum Gasteiger partial charge on any atom is -0.439 e. The lowest BCUT2D eigenvalue weighted by atomic mass is 10.0. The van der Waals surface area contributed by atoms with E-state index in [2.05, 4.69) is 0 Å². The number of ether oxygens (including phenoxy) is 1. The number of fused-ring (bicyclic) bond motifs is 2. The first-order chi connectivity index (χ1) is 23.5. The minimum absolute atomic E-state index is 0.0273. The van der Waals surface area contributed by atoms with E-state index in [1.54, 1.807) is 21.6 Å². The average Bonchev–Trinajstić information content (AvgIpc) is 3.61. The Bertz CT molecular complexity index is 2290. The highest BCUT2D eigenvalue weighted by Gasteiger charge is 2.28. The number of allylic oxidation sites excluding steroid dienone is 4. The Morgan fingerprint density at radius 3 is 2.06 bits per heavy atom. The monoisotopic (exact) mass is 699 g/mol. The molecule has 0 radical (unpaired) electrons. The number of hydrogen-bond donors (Lipinski definition) is 2. The van der Waals surface area contributed by atoms with Crippen molar-refractivity contribution in [2.24, 2.45) is 0 Å². The minimum atomic E-state index is -4.24. The van der Waals surface area contributed by atoms with Gasteiger partial charge in [-0.2, -0.15) is 21.4 Å². The zero-order valence-electron chi connectivity index (χ0n) is 26.6. The zero-order chi connectivity index (χ0) is 34.6. The van der Waals surface area contributed by atoms with Gasteiger partial charge in [0.15, 0.2) is 12.3 Å². The molecule has 1 aliphatic heterocycles. The molecular formula is C37H35N2O8S2+. The smallest absolute Gasteiger partial charge is 0.374 e. The fraction of sp³-hybridized carbons (Fsp3) is 0.162. The summed E-state index contributed by atoms with van der Waals surface area (Å²) in [5.74, 6) is 0.370. The summed E-state index contributed by atoms with van der Waals surface area (Å²) in [4.78, 5) is 1.73. The molecule has 1 aliphatic rings. The van der Waals surface area contributed by atoms with Gasteiger partial charge in [-0.1, -0.05) is 91.9 Å². The normalized spacial score (nSPS) is 14.6. The molecule has 0 saturated carbocycles. The number of hydrogen-bond acceptors (Lipinski definition) is 7. The van der Waals surface area contributed by atoms with E-state index < -0.39 is 31.7 Å². The molecule has 0 unspecified atom stereocenters. The Kier molecular flexibility index (Phi) is 9.84. The molecule has 0 amide bonds. The Hall–Kier alpha value is -5.01. The van der Waals surface area contributed by atoms with Crippen molar-refractivity contribution in [3.05, 3.63) is 133 Å². The molecule has 0 atom stereocenters. The van der Waals surface area contributed by atoms with Crippen molar-refractivity contribution in [3.8, 4) is 28.0 Å². The fourth-order valence-corrected chi connectivity index (χ4v) is 6.44. The van der Waals surface area contributed by atoms with Crippen molar-refractivity contribution in [2.45, 2.75) is 19.9 Å². The van der Waals surface area contributed by atoms with Gasteiger partial charge in [-0.3, -0.25) is 9.11 Å². The van der Waals surface area contributed by atoms with Crippen molar-refractivity contribution in [1.29, 1.82) is 0 Å². The Morgan fingerprint density at radius 2 is 1.43 bits per heavy atom. The maximum Gasteiger partial charge on any atom is 0.374 e. The second-order valence-electron chi connectivity index (χ2n) is 11.5. The van der Waals surface area contributed by atoms with Crippen LogP contribution in [0.4, 0.5) is 5.69 Å². The van der Waals surface area contributed by atoms with Gasteiger partial charge in [-0.25, -0.2) is 0 Å². The quantitative estimate of drug-likeness (QED) is 0.0808. The molecule has 5 aromatic rings. The van der Waals surface area contributed by atoms with E-state index >= 15 is 0 Å².